The van der Waals surface area contributed by atoms with E-state index in [4.69, 9.17) is 4.52 Å². The molecule has 6 heteroatoms. The fourth-order valence-corrected chi connectivity index (χ4v) is 2.15. The highest BCUT2D eigenvalue weighted by atomic mass is 16.5. The quantitative estimate of drug-likeness (QED) is 0.885. The van der Waals surface area contributed by atoms with Gasteiger partial charge < -0.3 is 9.84 Å². The average Bonchev–Trinajstić information content (AvgIpc) is 2.88. The maximum Gasteiger partial charge on any atom is 0.231 e. The van der Waals surface area contributed by atoms with Gasteiger partial charge in [0.25, 0.3) is 0 Å². The first-order valence-corrected chi connectivity index (χ1v) is 6.40. The van der Waals surface area contributed by atoms with Crippen LogP contribution in [0.3, 0.4) is 0 Å². The second-order valence-electron chi connectivity index (χ2n) is 4.89. The van der Waals surface area contributed by atoms with Gasteiger partial charge in [-0.15, -0.1) is 0 Å². The second kappa shape index (κ2) is 5.88. The summed E-state index contributed by atoms with van der Waals surface area (Å²) in [5.41, 5.74) is 0.622. The molecule has 0 amide bonds. The fraction of sp³-hybridized carbons (Fsp3) is 0.538. The maximum atomic E-state index is 5.40. The molecule has 102 valence electrons. The molecule has 0 aliphatic carbocycles. The molecule has 0 radical (unpaired) electrons. The molecule has 0 aliphatic rings. The Morgan fingerprint density at radius 2 is 2.00 bits per heavy atom. The zero-order chi connectivity index (χ0) is 13.8. The van der Waals surface area contributed by atoms with Crippen LogP contribution in [-0.2, 0) is 0 Å². The lowest BCUT2D eigenvalue weighted by Gasteiger charge is -2.23. The molecule has 2 aromatic heterocycles. The van der Waals surface area contributed by atoms with Crippen LogP contribution in [0.25, 0.3) is 11.5 Å². The average molecular weight is 261 g/mol. The number of hydrogen-bond acceptors (Lipinski definition) is 6. The van der Waals surface area contributed by atoms with Gasteiger partial charge in [0.05, 0.1) is 12.1 Å². The maximum absolute atomic E-state index is 5.40. The number of hydrogen-bond donors (Lipinski definition) is 1. The van der Waals surface area contributed by atoms with Gasteiger partial charge in [-0.25, -0.2) is 4.98 Å². The Bertz CT molecular complexity index is 511. The van der Waals surface area contributed by atoms with Gasteiger partial charge in [0.2, 0.25) is 11.7 Å². The van der Waals surface area contributed by atoms with E-state index < -0.39 is 0 Å². The fourth-order valence-electron chi connectivity index (χ4n) is 2.15. The molecule has 2 aromatic rings. The summed E-state index contributed by atoms with van der Waals surface area (Å²) in [4.78, 5) is 12.6. The smallest absolute Gasteiger partial charge is 0.231 e. The molecule has 0 aromatic carbocycles. The minimum absolute atomic E-state index is 0.169. The van der Waals surface area contributed by atoms with Crippen molar-refractivity contribution in [3.8, 4) is 11.5 Å². The van der Waals surface area contributed by atoms with Crippen LogP contribution >= 0.6 is 0 Å². The Hall–Kier alpha value is -1.82. The minimum atomic E-state index is 0.169. The molecule has 0 fully saturated rings. The van der Waals surface area contributed by atoms with Crippen molar-refractivity contribution >= 4 is 0 Å². The molecule has 2 heterocycles. The largest absolute Gasteiger partial charge is 0.339 e. The lowest BCUT2D eigenvalue weighted by atomic mass is 9.89. The molecule has 1 N–H and O–H groups in total. The van der Waals surface area contributed by atoms with Crippen molar-refractivity contribution in [2.75, 3.05) is 7.05 Å². The summed E-state index contributed by atoms with van der Waals surface area (Å²) >= 11 is 0. The third-order valence-electron chi connectivity index (χ3n) is 3.23. The Morgan fingerprint density at radius 1 is 1.21 bits per heavy atom. The van der Waals surface area contributed by atoms with Crippen molar-refractivity contribution in [1.82, 2.24) is 25.4 Å². The predicted octanol–water partition coefficient (Wildman–Crippen LogP) is 1.87. The van der Waals surface area contributed by atoms with Crippen LogP contribution in [0.4, 0.5) is 0 Å². The first kappa shape index (κ1) is 13.6. The van der Waals surface area contributed by atoms with E-state index in [0.29, 0.717) is 23.3 Å². The molecular formula is C13H19N5O. The first-order chi connectivity index (χ1) is 9.13. The van der Waals surface area contributed by atoms with Crippen LogP contribution in [0.5, 0.6) is 0 Å². The van der Waals surface area contributed by atoms with Crippen LogP contribution in [0.15, 0.2) is 23.1 Å². The Morgan fingerprint density at radius 3 is 2.58 bits per heavy atom. The monoisotopic (exact) mass is 261 g/mol. The Balaban J connectivity index is 2.29. The SMILES string of the molecule is CNC(C)C(c1nc(-c2cnccn2)no1)C(C)C. The zero-order valence-electron chi connectivity index (χ0n) is 11.7. The molecule has 2 unspecified atom stereocenters. The van der Waals surface area contributed by atoms with Gasteiger partial charge in [-0.05, 0) is 19.9 Å². The summed E-state index contributed by atoms with van der Waals surface area (Å²) in [7, 11) is 1.93. The highest BCUT2D eigenvalue weighted by molar-refractivity contribution is 5.45. The van der Waals surface area contributed by atoms with E-state index in [9.17, 15) is 0 Å². The summed E-state index contributed by atoms with van der Waals surface area (Å²) in [6.07, 6.45) is 4.85. The van der Waals surface area contributed by atoms with E-state index in [1.54, 1.807) is 18.6 Å². The molecular weight excluding hydrogens is 242 g/mol. The van der Waals surface area contributed by atoms with Crippen LogP contribution < -0.4 is 5.32 Å². The summed E-state index contributed by atoms with van der Waals surface area (Å²) in [5, 5.41) is 7.23. The van der Waals surface area contributed by atoms with Gasteiger partial charge in [0.15, 0.2) is 0 Å². The zero-order valence-corrected chi connectivity index (χ0v) is 11.7. The molecule has 0 spiro atoms. The van der Waals surface area contributed by atoms with Crippen molar-refractivity contribution in [2.45, 2.75) is 32.7 Å². The molecule has 19 heavy (non-hydrogen) atoms. The highest BCUT2D eigenvalue weighted by Gasteiger charge is 2.27. The van der Waals surface area contributed by atoms with Crippen molar-refractivity contribution in [3.63, 3.8) is 0 Å². The molecule has 0 saturated heterocycles. The van der Waals surface area contributed by atoms with E-state index in [2.05, 4.69) is 46.2 Å². The first-order valence-electron chi connectivity index (χ1n) is 6.40. The Kier molecular flexibility index (Phi) is 4.21. The van der Waals surface area contributed by atoms with Crippen LogP contribution in [-0.4, -0.2) is 33.2 Å². The molecule has 6 nitrogen and oxygen atoms in total. The van der Waals surface area contributed by atoms with Gasteiger partial charge >= 0.3 is 0 Å². The van der Waals surface area contributed by atoms with Crippen LogP contribution in [0.2, 0.25) is 0 Å². The van der Waals surface area contributed by atoms with Crippen molar-refractivity contribution in [3.05, 3.63) is 24.5 Å². The number of aromatic nitrogens is 4. The molecule has 2 rings (SSSR count). The lowest BCUT2D eigenvalue weighted by molar-refractivity contribution is 0.286. The normalized spacial score (nSPS) is 14.6. The van der Waals surface area contributed by atoms with Gasteiger partial charge in [-0.3, -0.25) is 4.98 Å². The van der Waals surface area contributed by atoms with Crippen molar-refractivity contribution in [1.29, 1.82) is 0 Å². The van der Waals surface area contributed by atoms with Gasteiger partial charge in [-0.2, -0.15) is 4.98 Å². The van der Waals surface area contributed by atoms with Crippen molar-refractivity contribution < 1.29 is 4.52 Å². The number of rotatable bonds is 5. The van der Waals surface area contributed by atoms with Gasteiger partial charge in [-0.1, -0.05) is 19.0 Å². The third kappa shape index (κ3) is 2.96. The third-order valence-corrected chi connectivity index (χ3v) is 3.23. The molecule has 0 saturated carbocycles. The standard InChI is InChI=1S/C13H19N5O/c1-8(2)11(9(3)14-4)13-17-12(18-19-13)10-7-15-5-6-16-10/h5-9,11,14H,1-4H3. The van der Waals surface area contributed by atoms with E-state index >= 15 is 0 Å². The van der Waals surface area contributed by atoms with Crippen LogP contribution in [0.1, 0.15) is 32.6 Å². The predicted molar refractivity (Wildman–Crippen MR) is 71.4 cm³/mol. The Labute approximate surface area is 112 Å². The lowest BCUT2D eigenvalue weighted by Crippen LogP contribution is -2.32. The summed E-state index contributed by atoms with van der Waals surface area (Å²) in [6.45, 7) is 6.40. The number of nitrogens with one attached hydrogen (secondary N) is 1. The van der Waals surface area contributed by atoms with Gasteiger partial charge in [0.1, 0.15) is 5.69 Å². The summed E-state index contributed by atoms with van der Waals surface area (Å²) in [6, 6.07) is 0.259. The molecule has 2 atom stereocenters. The van der Waals surface area contributed by atoms with Gasteiger partial charge in [0, 0.05) is 18.4 Å². The summed E-state index contributed by atoms with van der Waals surface area (Å²) in [5.74, 6) is 1.69. The van der Waals surface area contributed by atoms with E-state index in [0.717, 1.165) is 0 Å². The van der Waals surface area contributed by atoms with E-state index in [1.807, 2.05) is 7.05 Å². The topological polar surface area (TPSA) is 76.7 Å². The second-order valence-corrected chi connectivity index (χ2v) is 4.89. The minimum Gasteiger partial charge on any atom is -0.339 e. The van der Waals surface area contributed by atoms with Crippen molar-refractivity contribution in [2.24, 2.45) is 5.92 Å². The van der Waals surface area contributed by atoms with Crippen LogP contribution in [0, 0.1) is 5.92 Å². The highest BCUT2D eigenvalue weighted by Crippen LogP contribution is 2.27. The summed E-state index contributed by atoms with van der Waals surface area (Å²) < 4.78 is 5.40. The number of likely N-dealkylation sites (N-methyl/N-ethyl adjacent to an activating group) is 1. The number of nitrogens with zero attached hydrogens (tertiary/aromatic N) is 4. The van der Waals surface area contributed by atoms with E-state index in [1.165, 1.54) is 0 Å². The molecule has 0 bridgehead atoms. The van der Waals surface area contributed by atoms with E-state index in [-0.39, 0.29) is 12.0 Å². The molecule has 0 aliphatic heterocycles.